The van der Waals surface area contributed by atoms with Crippen molar-refractivity contribution in [1.29, 1.82) is 0 Å². The Kier molecular flexibility index (Phi) is 4.95. The Balaban J connectivity index is 1.55. The third-order valence-corrected chi connectivity index (χ3v) is 4.63. The molecule has 24 heavy (non-hydrogen) atoms. The van der Waals surface area contributed by atoms with Gasteiger partial charge in [-0.1, -0.05) is 18.3 Å². The molecule has 0 aliphatic heterocycles. The molecule has 0 radical (unpaired) electrons. The van der Waals surface area contributed by atoms with Crippen LogP contribution in [0.25, 0.3) is 10.9 Å². The highest BCUT2D eigenvalue weighted by Crippen LogP contribution is 2.23. The zero-order valence-corrected chi connectivity index (χ0v) is 14.4. The van der Waals surface area contributed by atoms with Gasteiger partial charge in [0.25, 0.3) is 0 Å². The number of methoxy groups -OCH3 is 1. The van der Waals surface area contributed by atoms with E-state index in [9.17, 15) is 4.79 Å². The standard InChI is InChI=1S/C16H19N5O2S/c1-3-14-20-21-16(24-14)19-15(22)17-7-6-10-9-18-13-5-4-11(23-2)8-12(10)13/h4-5,8-9,18H,3,6-7H2,1-2H3,(H2,17,19,21,22). The second kappa shape index (κ2) is 7.31. The smallest absolute Gasteiger partial charge is 0.321 e. The van der Waals surface area contributed by atoms with Crippen LogP contribution < -0.4 is 15.4 Å². The lowest BCUT2D eigenvalue weighted by Gasteiger charge is -2.05. The molecular formula is C16H19N5O2S. The lowest BCUT2D eigenvalue weighted by Crippen LogP contribution is -2.30. The van der Waals surface area contributed by atoms with Gasteiger partial charge in [-0.15, -0.1) is 10.2 Å². The summed E-state index contributed by atoms with van der Waals surface area (Å²) in [6, 6.07) is 5.63. The molecule has 126 valence electrons. The number of carbonyl (C=O) groups excluding carboxylic acids is 1. The molecule has 0 fully saturated rings. The minimum atomic E-state index is -0.272. The average Bonchev–Trinajstić information content (AvgIpc) is 3.21. The zero-order chi connectivity index (χ0) is 16.9. The molecule has 0 saturated carbocycles. The lowest BCUT2D eigenvalue weighted by molar-refractivity contribution is 0.252. The SMILES string of the molecule is CCc1nnc(NC(=O)NCCc2c[nH]c3ccc(OC)cc23)s1. The maximum Gasteiger partial charge on any atom is 0.321 e. The molecule has 7 nitrogen and oxygen atoms in total. The number of ether oxygens (including phenoxy) is 1. The van der Waals surface area contributed by atoms with E-state index >= 15 is 0 Å². The summed E-state index contributed by atoms with van der Waals surface area (Å²) in [6.07, 6.45) is 3.49. The van der Waals surface area contributed by atoms with Gasteiger partial charge in [0.15, 0.2) is 0 Å². The van der Waals surface area contributed by atoms with E-state index in [0.29, 0.717) is 11.7 Å². The number of rotatable bonds is 6. The Morgan fingerprint density at radius 1 is 1.38 bits per heavy atom. The predicted octanol–water partition coefficient (Wildman–Crippen LogP) is 2.95. The maximum atomic E-state index is 11.9. The first kappa shape index (κ1) is 16.3. The molecule has 3 aromatic rings. The number of benzene rings is 1. The van der Waals surface area contributed by atoms with Crippen molar-refractivity contribution in [2.24, 2.45) is 0 Å². The van der Waals surface area contributed by atoms with Gasteiger partial charge < -0.3 is 15.0 Å². The van der Waals surface area contributed by atoms with Crippen molar-refractivity contribution < 1.29 is 9.53 Å². The van der Waals surface area contributed by atoms with Crippen LogP contribution in [0.5, 0.6) is 5.75 Å². The zero-order valence-electron chi connectivity index (χ0n) is 13.5. The number of fused-ring (bicyclic) bond motifs is 1. The minimum Gasteiger partial charge on any atom is -0.497 e. The summed E-state index contributed by atoms with van der Waals surface area (Å²) >= 11 is 1.39. The molecule has 0 spiro atoms. The molecule has 1 aromatic carbocycles. The first-order valence-electron chi connectivity index (χ1n) is 7.71. The summed E-state index contributed by atoms with van der Waals surface area (Å²) in [6.45, 7) is 2.52. The van der Waals surface area contributed by atoms with Crippen LogP contribution in [0.1, 0.15) is 17.5 Å². The van der Waals surface area contributed by atoms with Crippen LogP contribution in [0.15, 0.2) is 24.4 Å². The summed E-state index contributed by atoms with van der Waals surface area (Å²) in [7, 11) is 1.65. The highest BCUT2D eigenvalue weighted by Gasteiger charge is 2.08. The van der Waals surface area contributed by atoms with Gasteiger partial charge in [-0.05, 0) is 36.6 Å². The predicted molar refractivity (Wildman–Crippen MR) is 94.9 cm³/mol. The summed E-state index contributed by atoms with van der Waals surface area (Å²) in [4.78, 5) is 15.1. The van der Waals surface area contributed by atoms with Crippen LogP contribution in [0.3, 0.4) is 0 Å². The molecule has 0 bridgehead atoms. The number of aromatic amines is 1. The van der Waals surface area contributed by atoms with Crippen LogP contribution in [-0.4, -0.2) is 34.9 Å². The number of carbonyl (C=O) groups is 1. The summed E-state index contributed by atoms with van der Waals surface area (Å²) in [5.41, 5.74) is 2.18. The fourth-order valence-electron chi connectivity index (χ4n) is 2.39. The fourth-order valence-corrected chi connectivity index (χ4v) is 3.06. The number of nitrogens with one attached hydrogen (secondary N) is 3. The second-order valence-electron chi connectivity index (χ2n) is 5.21. The normalized spacial score (nSPS) is 10.8. The molecule has 0 saturated heterocycles. The number of nitrogens with zero attached hydrogens (tertiary/aromatic N) is 2. The average molecular weight is 345 g/mol. The molecule has 8 heteroatoms. The van der Waals surface area contributed by atoms with Gasteiger partial charge in [0.05, 0.1) is 7.11 Å². The maximum absolute atomic E-state index is 11.9. The first-order chi connectivity index (χ1) is 11.7. The molecular weight excluding hydrogens is 326 g/mol. The largest absolute Gasteiger partial charge is 0.497 e. The Hall–Kier alpha value is -2.61. The van der Waals surface area contributed by atoms with E-state index in [4.69, 9.17) is 4.74 Å². The molecule has 3 rings (SSSR count). The monoisotopic (exact) mass is 345 g/mol. The quantitative estimate of drug-likeness (QED) is 0.640. The van der Waals surface area contributed by atoms with E-state index in [1.54, 1.807) is 7.11 Å². The Morgan fingerprint density at radius 2 is 2.25 bits per heavy atom. The number of urea groups is 1. The van der Waals surface area contributed by atoms with E-state index in [2.05, 4.69) is 25.8 Å². The molecule has 0 aliphatic rings. The van der Waals surface area contributed by atoms with Crippen molar-refractivity contribution in [3.8, 4) is 5.75 Å². The van der Waals surface area contributed by atoms with Crippen LogP contribution in [0, 0.1) is 0 Å². The number of anilines is 1. The topological polar surface area (TPSA) is 91.9 Å². The van der Waals surface area contributed by atoms with Crippen molar-refractivity contribution in [1.82, 2.24) is 20.5 Å². The number of amides is 2. The van der Waals surface area contributed by atoms with E-state index in [1.165, 1.54) is 11.3 Å². The van der Waals surface area contributed by atoms with Gasteiger partial charge in [0.2, 0.25) is 5.13 Å². The molecule has 2 aromatic heterocycles. The van der Waals surface area contributed by atoms with Gasteiger partial charge >= 0.3 is 6.03 Å². The molecule has 2 amide bonds. The molecule has 0 atom stereocenters. The number of hydrogen-bond acceptors (Lipinski definition) is 5. The lowest BCUT2D eigenvalue weighted by atomic mass is 10.1. The van der Waals surface area contributed by atoms with Crippen molar-refractivity contribution in [3.63, 3.8) is 0 Å². The van der Waals surface area contributed by atoms with Crippen molar-refractivity contribution >= 4 is 33.4 Å². The fraction of sp³-hybridized carbons (Fsp3) is 0.312. The Morgan fingerprint density at radius 3 is 3.00 bits per heavy atom. The highest BCUT2D eigenvalue weighted by molar-refractivity contribution is 7.15. The summed E-state index contributed by atoms with van der Waals surface area (Å²) in [5, 5.41) is 15.9. The van der Waals surface area contributed by atoms with E-state index < -0.39 is 0 Å². The highest BCUT2D eigenvalue weighted by atomic mass is 32.1. The first-order valence-corrected chi connectivity index (χ1v) is 8.52. The van der Waals surface area contributed by atoms with Crippen molar-refractivity contribution in [2.75, 3.05) is 19.0 Å². The molecule has 2 heterocycles. The van der Waals surface area contributed by atoms with E-state index in [-0.39, 0.29) is 6.03 Å². The molecule has 3 N–H and O–H groups in total. The van der Waals surface area contributed by atoms with Crippen LogP contribution >= 0.6 is 11.3 Å². The number of aromatic nitrogens is 3. The van der Waals surface area contributed by atoms with Crippen molar-refractivity contribution in [3.05, 3.63) is 35.0 Å². The molecule has 0 unspecified atom stereocenters. The van der Waals surface area contributed by atoms with Crippen LogP contribution in [-0.2, 0) is 12.8 Å². The third-order valence-electron chi connectivity index (χ3n) is 3.64. The van der Waals surface area contributed by atoms with Gasteiger partial charge in [-0.2, -0.15) is 0 Å². The number of hydrogen-bond donors (Lipinski definition) is 3. The Bertz CT molecular complexity index is 842. The minimum absolute atomic E-state index is 0.272. The van der Waals surface area contributed by atoms with E-state index in [0.717, 1.165) is 40.1 Å². The summed E-state index contributed by atoms with van der Waals surface area (Å²) in [5.74, 6) is 0.817. The summed E-state index contributed by atoms with van der Waals surface area (Å²) < 4.78 is 5.26. The van der Waals surface area contributed by atoms with Crippen LogP contribution in [0.2, 0.25) is 0 Å². The van der Waals surface area contributed by atoms with Crippen molar-refractivity contribution in [2.45, 2.75) is 19.8 Å². The number of aryl methyl sites for hydroxylation is 1. The van der Waals surface area contributed by atoms with Gasteiger partial charge in [-0.25, -0.2) is 4.79 Å². The van der Waals surface area contributed by atoms with Gasteiger partial charge in [0.1, 0.15) is 10.8 Å². The Labute approximate surface area is 143 Å². The van der Waals surface area contributed by atoms with E-state index in [1.807, 2.05) is 31.3 Å². The number of H-pyrrole nitrogens is 1. The van der Waals surface area contributed by atoms with Gasteiger partial charge in [0, 0.05) is 23.6 Å². The van der Waals surface area contributed by atoms with Crippen LogP contribution in [0.4, 0.5) is 9.93 Å². The third kappa shape index (κ3) is 3.65. The second-order valence-corrected chi connectivity index (χ2v) is 6.27. The van der Waals surface area contributed by atoms with Gasteiger partial charge in [-0.3, -0.25) is 5.32 Å². The molecule has 0 aliphatic carbocycles.